The topological polar surface area (TPSA) is 55.4 Å². The quantitative estimate of drug-likeness (QED) is 0.683. The molecule has 0 bridgehead atoms. The number of anilines is 1. The van der Waals surface area contributed by atoms with Crippen molar-refractivity contribution in [2.75, 3.05) is 5.32 Å². The molecule has 4 rings (SSSR count). The minimum Gasteiger partial charge on any atom is -0.422 e. The molecule has 0 radical (unpaired) electrons. The number of fused-ring (bicyclic) bond motifs is 2. The summed E-state index contributed by atoms with van der Waals surface area (Å²) in [5, 5.41) is 2.82. The summed E-state index contributed by atoms with van der Waals surface area (Å²) in [5.74, 6) is 0.276. The van der Waals surface area contributed by atoms with Crippen LogP contribution in [-0.2, 0) is 24.1 Å². The summed E-state index contributed by atoms with van der Waals surface area (Å²) in [4.78, 5) is 25.6. The van der Waals surface area contributed by atoms with Crippen molar-refractivity contribution in [3.8, 4) is 5.75 Å². The lowest BCUT2D eigenvalue weighted by Gasteiger charge is -2.17. The number of benzene rings is 1. The van der Waals surface area contributed by atoms with Gasteiger partial charge in [0, 0.05) is 17.0 Å². The van der Waals surface area contributed by atoms with E-state index in [-0.39, 0.29) is 11.9 Å². The molecule has 1 aliphatic carbocycles. The van der Waals surface area contributed by atoms with Gasteiger partial charge in [-0.3, -0.25) is 4.79 Å². The van der Waals surface area contributed by atoms with Gasteiger partial charge in [-0.05, 0) is 61.1 Å². The molecule has 0 spiro atoms. The lowest BCUT2D eigenvalue weighted by Crippen LogP contribution is -2.19. The average Bonchev–Trinajstić information content (AvgIpc) is 3.08. The van der Waals surface area contributed by atoms with E-state index < -0.39 is 0 Å². The third-order valence-electron chi connectivity index (χ3n) is 4.13. The Kier molecular flexibility index (Phi) is 3.22. The third-order valence-corrected chi connectivity index (χ3v) is 5.35. The van der Waals surface area contributed by atoms with Crippen LogP contribution >= 0.6 is 11.3 Å². The van der Waals surface area contributed by atoms with E-state index >= 15 is 0 Å². The van der Waals surface area contributed by atoms with Crippen LogP contribution in [0.4, 0.5) is 5.69 Å². The molecule has 2 aromatic rings. The molecule has 1 amide bonds. The Morgan fingerprint density at radius 2 is 2.00 bits per heavy atom. The molecule has 1 aromatic heterocycles. The fourth-order valence-electron chi connectivity index (χ4n) is 3.01. The van der Waals surface area contributed by atoms with E-state index in [1.54, 1.807) is 23.5 Å². The number of aryl methyl sites for hydroxylation is 3. The number of esters is 1. The van der Waals surface area contributed by atoms with Gasteiger partial charge in [-0.1, -0.05) is 0 Å². The minimum atomic E-state index is -0.292. The van der Waals surface area contributed by atoms with Gasteiger partial charge in [0.25, 0.3) is 0 Å². The van der Waals surface area contributed by atoms with Crippen LogP contribution in [0, 0.1) is 0 Å². The Morgan fingerprint density at radius 1 is 1.09 bits per heavy atom. The molecule has 5 heteroatoms. The predicted molar refractivity (Wildman–Crippen MR) is 84.7 cm³/mol. The van der Waals surface area contributed by atoms with E-state index in [4.69, 9.17) is 4.74 Å². The molecule has 1 aromatic carbocycles. The van der Waals surface area contributed by atoms with E-state index in [9.17, 15) is 9.59 Å². The van der Waals surface area contributed by atoms with E-state index in [2.05, 4.69) is 5.32 Å². The van der Waals surface area contributed by atoms with Crippen LogP contribution in [-0.4, -0.2) is 11.9 Å². The van der Waals surface area contributed by atoms with Gasteiger partial charge in [0.05, 0.1) is 0 Å². The number of ether oxygens (including phenoxy) is 1. The van der Waals surface area contributed by atoms with Gasteiger partial charge >= 0.3 is 5.97 Å². The molecule has 4 nitrogen and oxygen atoms in total. The fourth-order valence-corrected chi connectivity index (χ4v) is 4.14. The van der Waals surface area contributed by atoms with Crippen LogP contribution in [0.2, 0.25) is 0 Å². The smallest absolute Gasteiger partial charge is 0.353 e. The number of amides is 1. The Balaban J connectivity index is 1.53. The molecule has 0 saturated carbocycles. The van der Waals surface area contributed by atoms with Crippen molar-refractivity contribution >= 4 is 28.9 Å². The molecule has 0 fully saturated rings. The van der Waals surface area contributed by atoms with Crippen LogP contribution < -0.4 is 10.1 Å². The number of nitrogens with one attached hydrogen (secondary N) is 1. The summed E-state index contributed by atoms with van der Waals surface area (Å²) < 4.78 is 5.49. The maximum absolute atomic E-state index is 12.3. The Morgan fingerprint density at radius 3 is 2.86 bits per heavy atom. The molecular weight excluding hydrogens is 298 g/mol. The second kappa shape index (κ2) is 5.25. The van der Waals surface area contributed by atoms with E-state index in [0.29, 0.717) is 23.5 Å². The number of carbonyl (C=O) groups is 2. The molecule has 112 valence electrons. The lowest BCUT2D eigenvalue weighted by atomic mass is 10.0. The third kappa shape index (κ3) is 2.41. The highest BCUT2D eigenvalue weighted by Crippen LogP contribution is 2.32. The van der Waals surface area contributed by atoms with Crippen LogP contribution in [0.3, 0.4) is 0 Å². The number of hydrogen-bond donors (Lipinski definition) is 1. The average molecular weight is 313 g/mol. The Bertz CT molecular complexity index is 757. The lowest BCUT2D eigenvalue weighted by molar-refractivity contribution is -0.116. The number of thiophene rings is 1. The number of carbonyl (C=O) groups excluding carboxylic acids is 2. The molecule has 2 heterocycles. The molecule has 22 heavy (non-hydrogen) atoms. The zero-order valence-electron chi connectivity index (χ0n) is 12.0. The second-order valence-electron chi connectivity index (χ2n) is 5.67. The fraction of sp³-hybridized carbons (Fsp3) is 0.294. The van der Waals surface area contributed by atoms with Crippen molar-refractivity contribution in [1.82, 2.24) is 0 Å². The van der Waals surface area contributed by atoms with E-state index in [1.807, 2.05) is 12.1 Å². The van der Waals surface area contributed by atoms with Crippen molar-refractivity contribution < 1.29 is 14.3 Å². The van der Waals surface area contributed by atoms with Gasteiger partial charge in [0.15, 0.2) is 0 Å². The normalized spacial score (nSPS) is 15.9. The summed E-state index contributed by atoms with van der Waals surface area (Å²) in [5.41, 5.74) is 3.12. The summed E-state index contributed by atoms with van der Waals surface area (Å²) in [6.45, 7) is 0. The van der Waals surface area contributed by atoms with Crippen LogP contribution in [0.5, 0.6) is 5.75 Å². The van der Waals surface area contributed by atoms with Gasteiger partial charge in [-0.2, -0.15) is 0 Å². The van der Waals surface area contributed by atoms with Crippen LogP contribution in [0.25, 0.3) is 0 Å². The van der Waals surface area contributed by atoms with Crippen molar-refractivity contribution in [1.29, 1.82) is 0 Å². The first-order valence-corrected chi connectivity index (χ1v) is 8.27. The first-order chi connectivity index (χ1) is 10.7. The monoisotopic (exact) mass is 313 g/mol. The molecule has 0 saturated heterocycles. The second-order valence-corrected chi connectivity index (χ2v) is 6.81. The van der Waals surface area contributed by atoms with Crippen molar-refractivity contribution in [2.45, 2.75) is 32.1 Å². The Labute approximate surface area is 132 Å². The molecule has 1 aliphatic heterocycles. The summed E-state index contributed by atoms with van der Waals surface area (Å²) in [7, 11) is 0. The summed E-state index contributed by atoms with van der Waals surface area (Å²) >= 11 is 1.55. The molecule has 0 atom stereocenters. The Hall–Kier alpha value is -2.14. The summed E-state index contributed by atoms with van der Waals surface area (Å²) in [6.07, 6.45) is 4.48. The van der Waals surface area contributed by atoms with Crippen molar-refractivity contribution in [3.05, 3.63) is 45.1 Å². The van der Waals surface area contributed by atoms with Crippen LogP contribution in [0.1, 0.15) is 38.5 Å². The first-order valence-electron chi connectivity index (χ1n) is 7.45. The first kappa shape index (κ1) is 13.5. The standard InChI is InChI=1S/C17H15NO3S/c19-16-7-4-10-8-12(5-6-13(10)18-16)21-17(20)15-9-11-2-1-3-14(11)22-15/h5-6,8-9H,1-4,7H2,(H,18,19). The van der Waals surface area contributed by atoms with Crippen molar-refractivity contribution in [3.63, 3.8) is 0 Å². The highest BCUT2D eigenvalue weighted by atomic mass is 32.1. The maximum Gasteiger partial charge on any atom is 0.353 e. The molecule has 1 N–H and O–H groups in total. The largest absolute Gasteiger partial charge is 0.422 e. The SMILES string of the molecule is O=C1CCc2cc(OC(=O)c3cc4c(s3)CCC4)ccc2N1. The van der Waals surface area contributed by atoms with Gasteiger partial charge in [-0.15, -0.1) is 11.3 Å². The molecule has 0 unspecified atom stereocenters. The van der Waals surface area contributed by atoms with E-state index in [1.165, 1.54) is 16.9 Å². The number of hydrogen-bond acceptors (Lipinski definition) is 4. The van der Waals surface area contributed by atoms with Gasteiger partial charge in [0.2, 0.25) is 5.91 Å². The zero-order valence-corrected chi connectivity index (χ0v) is 12.8. The maximum atomic E-state index is 12.3. The van der Waals surface area contributed by atoms with E-state index in [0.717, 1.165) is 24.1 Å². The van der Waals surface area contributed by atoms with Crippen molar-refractivity contribution in [2.24, 2.45) is 0 Å². The predicted octanol–water partition coefficient (Wildman–Crippen LogP) is 3.34. The van der Waals surface area contributed by atoms with Gasteiger partial charge in [-0.25, -0.2) is 4.79 Å². The zero-order chi connectivity index (χ0) is 15.1. The highest BCUT2D eigenvalue weighted by molar-refractivity contribution is 7.14. The van der Waals surface area contributed by atoms with Gasteiger partial charge < -0.3 is 10.1 Å². The highest BCUT2D eigenvalue weighted by Gasteiger charge is 2.20. The summed E-state index contributed by atoms with van der Waals surface area (Å²) in [6, 6.07) is 7.33. The molecular formula is C17H15NO3S. The minimum absolute atomic E-state index is 0.0327. The van der Waals surface area contributed by atoms with Crippen LogP contribution in [0.15, 0.2) is 24.3 Å². The van der Waals surface area contributed by atoms with Gasteiger partial charge in [0.1, 0.15) is 10.6 Å². The number of rotatable bonds is 2. The molecule has 2 aliphatic rings.